The summed E-state index contributed by atoms with van der Waals surface area (Å²) in [6.45, 7) is 0.793. The Kier molecular flexibility index (Phi) is 5.72. The molecule has 0 spiro atoms. The Morgan fingerprint density at radius 3 is 2.44 bits per heavy atom. The van der Waals surface area contributed by atoms with Crippen LogP contribution in [0.2, 0.25) is 0 Å². The molecule has 1 aliphatic rings. The minimum absolute atomic E-state index is 0.222. The van der Waals surface area contributed by atoms with Gasteiger partial charge in [-0.15, -0.1) is 4.53 Å². The largest absolute Gasteiger partial charge is 0.312 e. The Hall–Kier alpha value is -0.250. The fourth-order valence-electron chi connectivity index (χ4n) is 0.332. The quantitative estimate of drug-likeness (QED) is 0.332. The molecule has 3 nitrogen and oxygen atoms in total. The van der Waals surface area contributed by atoms with Crippen LogP contribution in [0.25, 0.3) is 0 Å². The van der Waals surface area contributed by atoms with Crippen LogP contribution in [0, 0.1) is 0 Å². The third kappa shape index (κ3) is 5.62. The number of hydrogen-bond donors (Lipinski definition) is 1. The maximum atomic E-state index is 8.57. The first-order valence-corrected chi connectivity index (χ1v) is 2.97. The van der Waals surface area contributed by atoms with Crippen molar-refractivity contribution in [2.45, 2.75) is 0 Å². The minimum atomic E-state index is 0.222. The average molecular weight is 169 g/mol. The number of carbonyl (C=O) groups is 1. The summed E-state index contributed by atoms with van der Waals surface area (Å²) in [7, 11) is 0. The van der Waals surface area contributed by atoms with E-state index in [-0.39, 0.29) is 5.75 Å². The van der Waals surface area contributed by atoms with Crippen molar-refractivity contribution < 1.29 is 4.79 Å². The zero-order valence-electron chi connectivity index (χ0n) is 4.55. The van der Waals surface area contributed by atoms with Crippen LogP contribution in [-0.2, 0) is 4.79 Å². The highest BCUT2D eigenvalue weighted by Crippen LogP contribution is 1.92. The van der Waals surface area contributed by atoms with E-state index >= 15 is 0 Å². The standard InChI is InChI=1S/C3H5ClN2.CHClO/c4-6-3-1-2-5-6;2-1-3/h1-2,5H,3H2;1H. The van der Waals surface area contributed by atoms with Crippen LogP contribution in [0.4, 0.5) is 0 Å². The molecule has 1 heterocycles. The van der Waals surface area contributed by atoms with E-state index in [0.717, 1.165) is 6.54 Å². The van der Waals surface area contributed by atoms with Gasteiger partial charge in [-0.2, -0.15) is 0 Å². The first kappa shape index (κ1) is 8.75. The van der Waals surface area contributed by atoms with Gasteiger partial charge in [0.05, 0.1) is 6.54 Å². The zero-order chi connectivity index (χ0) is 7.11. The maximum absolute atomic E-state index is 8.57. The minimum Gasteiger partial charge on any atom is -0.312 e. The number of halogens is 2. The van der Waals surface area contributed by atoms with E-state index in [1.807, 2.05) is 6.08 Å². The van der Waals surface area contributed by atoms with Gasteiger partial charge in [-0.05, 0) is 29.5 Å². The molecule has 0 aliphatic carbocycles. The van der Waals surface area contributed by atoms with E-state index in [1.165, 1.54) is 4.53 Å². The van der Waals surface area contributed by atoms with Gasteiger partial charge in [-0.25, -0.2) is 0 Å². The molecule has 0 aromatic heterocycles. The van der Waals surface area contributed by atoms with Gasteiger partial charge in [-0.3, -0.25) is 4.79 Å². The Balaban J connectivity index is 0.000000187. The van der Waals surface area contributed by atoms with Crippen LogP contribution >= 0.6 is 23.4 Å². The summed E-state index contributed by atoms with van der Waals surface area (Å²) < 4.78 is 1.47. The second-order valence-electron chi connectivity index (χ2n) is 1.17. The van der Waals surface area contributed by atoms with Crippen molar-refractivity contribution in [2.24, 2.45) is 0 Å². The average Bonchev–Trinajstić information content (AvgIpc) is 2.20. The number of nitrogens with zero attached hydrogens (tertiary/aromatic N) is 1. The van der Waals surface area contributed by atoms with Crippen LogP contribution < -0.4 is 5.43 Å². The summed E-state index contributed by atoms with van der Waals surface area (Å²) in [5.41, 5.74) is 2.74. The first-order valence-electron chi connectivity index (χ1n) is 2.19. The van der Waals surface area contributed by atoms with Crippen molar-refractivity contribution in [2.75, 3.05) is 6.54 Å². The van der Waals surface area contributed by atoms with Crippen molar-refractivity contribution in [3.8, 4) is 0 Å². The molecule has 0 aromatic carbocycles. The van der Waals surface area contributed by atoms with Gasteiger partial charge in [0.1, 0.15) is 0 Å². The molecule has 1 rings (SSSR count). The maximum Gasteiger partial charge on any atom is 0.208 e. The molecule has 0 fully saturated rings. The van der Waals surface area contributed by atoms with Crippen LogP contribution in [0.15, 0.2) is 12.3 Å². The summed E-state index contributed by atoms with van der Waals surface area (Å²) in [4.78, 5) is 8.57. The molecule has 1 N–H and O–H groups in total. The normalized spacial score (nSPS) is 15.8. The Morgan fingerprint density at radius 1 is 1.78 bits per heavy atom. The van der Waals surface area contributed by atoms with Gasteiger partial charge in [-0.1, -0.05) is 0 Å². The Morgan fingerprint density at radius 2 is 2.33 bits per heavy atom. The van der Waals surface area contributed by atoms with Crippen LogP contribution in [0.3, 0.4) is 0 Å². The molecule has 0 bridgehead atoms. The van der Waals surface area contributed by atoms with Crippen molar-refractivity contribution in [3.05, 3.63) is 12.3 Å². The second-order valence-corrected chi connectivity index (χ2v) is 1.75. The molecular formula is C4H6Cl2N2O. The van der Waals surface area contributed by atoms with Gasteiger partial charge in [0.2, 0.25) is 5.75 Å². The van der Waals surface area contributed by atoms with Crippen LogP contribution in [0.1, 0.15) is 0 Å². The Bertz CT molecular complexity index is 98.7. The van der Waals surface area contributed by atoms with Crippen molar-refractivity contribution >= 4 is 29.1 Å². The lowest BCUT2D eigenvalue weighted by Crippen LogP contribution is -2.17. The number of nitrogens with one attached hydrogen (secondary N) is 1. The third-order valence-electron chi connectivity index (χ3n) is 0.598. The third-order valence-corrected chi connectivity index (χ3v) is 0.834. The summed E-state index contributed by atoms with van der Waals surface area (Å²) in [5.74, 6) is 0.222. The summed E-state index contributed by atoms with van der Waals surface area (Å²) >= 11 is 9.69. The van der Waals surface area contributed by atoms with Gasteiger partial charge in [0.15, 0.2) is 0 Å². The lowest BCUT2D eigenvalue weighted by Gasteiger charge is -2.00. The molecule has 1 aliphatic heterocycles. The predicted octanol–water partition coefficient (Wildman–Crippen LogP) is 0.889. The number of hydrogen-bond acceptors (Lipinski definition) is 3. The van der Waals surface area contributed by atoms with Crippen molar-refractivity contribution in [1.29, 1.82) is 0 Å². The molecule has 9 heavy (non-hydrogen) atoms. The second kappa shape index (κ2) is 5.88. The highest BCUT2D eigenvalue weighted by atomic mass is 35.5. The fraction of sp³-hybridized carbons (Fsp3) is 0.250. The molecule has 52 valence electrons. The molecular weight excluding hydrogens is 163 g/mol. The van der Waals surface area contributed by atoms with Gasteiger partial charge < -0.3 is 5.43 Å². The molecule has 0 saturated heterocycles. The summed E-state index contributed by atoms with van der Waals surface area (Å²) in [5, 5.41) is 0. The monoisotopic (exact) mass is 168 g/mol. The lowest BCUT2D eigenvalue weighted by molar-refractivity contribution is 0.464. The topological polar surface area (TPSA) is 32.3 Å². The molecule has 0 atom stereocenters. The number of rotatable bonds is 0. The van der Waals surface area contributed by atoms with Crippen molar-refractivity contribution in [3.63, 3.8) is 0 Å². The SMILES string of the molecule is ClN1CC=CN1.O=CCl. The summed E-state index contributed by atoms with van der Waals surface area (Å²) in [6.07, 6.45) is 3.74. The van der Waals surface area contributed by atoms with E-state index in [4.69, 9.17) is 16.6 Å². The van der Waals surface area contributed by atoms with Gasteiger partial charge in [0.25, 0.3) is 0 Å². The molecule has 0 aromatic rings. The smallest absolute Gasteiger partial charge is 0.208 e. The van der Waals surface area contributed by atoms with E-state index in [0.29, 0.717) is 0 Å². The Labute approximate surface area is 63.3 Å². The highest BCUT2D eigenvalue weighted by Gasteiger charge is 1.96. The van der Waals surface area contributed by atoms with E-state index in [2.05, 4.69) is 17.0 Å². The molecule has 0 radical (unpaired) electrons. The number of carbonyl (C=O) groups excluding carboxylic acids is 1. The first-order chi connectivity index (χ1) is 4.31. The van der Waals surface area contributed by atoms with E-state index in [1.54, 1.807) is 6.20 Å². The van der Waals surface area contributed by atoms with Gasteiger partial charge in [0, 0.05) is 6.20 Å². The fourth-order valence-corrected chi connectivity index (χ4v) is 0.468. The molecule has 5 heteroatoms. The van der Waals surface area contributed by atoms with Gasteiger partial charge >= 0.3 is 0 Å². The van der Waals surface area contributed by atoms with Crippen LogP contribution in [-0.4, -0.2) is 16.8 Å². The molecule has 0 amide bonds. The highest BCUT2D eigenvalue weighted by molar-refractivity contribution is 6.54. The number of hydrazine groups is 1. The van der Waals surface area contributed by atoms with Crippen molar-refractivity contribution in [1.82, 2.24) is 9.95 Å². The van der Waals surface area contributed by atoms with E-state index in [9.17, 15) is 0 Å². The predicted molar refractivity (Wildman–Crippen MR) is 37.4 cm³/mol. The molecule has 0 unspecified atom stereocenters. The van der Waals surface area contributed by atoms with E-state index < -0.39 is 0 Å². The zero-order valence-corrected chi connectivity index (χ0v) is 6.06. The molecule has 0 saturated carbocycles. The van der Waals surface area contributed by atoms with Crippen LogP contribution in [0.5, 0.6) is 0 Å². The lowest BCUT2D eigenvalue weighted by atomic mass is 10.7. The summed E-state index contributed by atoms with van der Waals surface area (Å²) in [6, 6.07) is 0.